The lowest BCUT2D eigenvalue weighted by Crippen LogP contribution is -2.35. The molecular formula is C13H21ClN2O. The molecule has 0 fully saturated rings. The minimum atomic E-state index is 0.0820. The number of hydrogen-bond acceptors (Lipinski definition) is 3. The molecule has 0 aliphatic rings. The fourth-order valence-corrected chi connectivity index (χ4v) is 1.47. The Bertz CT molecular complexity index is 372. The first-order valence-electron chi connectivity index (χ1n) is 5.84. The molecule has 1 N–H and O–H groups in total. The third-order valence-corrected chi connectivity index (χ3v) is 2.31. The minimum absolute atomic E-state index is 0.0820. The van der Waals surface area contributed by atoms with Gasteiger partial charge in [-0.05, 0) is 46.2 Å². The molecule has 1 aromatic rings. The Labute approximate surface area is 109 Å². The molecule has 0 aliphatic heterocycles. The lowest BCUT2D eigenvalue weighted by molar-refractivity contribution is 0.232. The van der Waals surface area contributed by atoms with Crippen molar-refractivity contribution in [3.05, 3.63) is 22.8 Å². The summed E-state index contributed by atoms with van der Waals surface area (Å²) in [6.07, 6.45) is 1.88. The first kappa shape index (κ1) is 14.3. The lowest BCUT2D eigenvalue weighted by Gasteiger charge is -2.20. The Hall–Kier alpha value is -0.800. The highest BCUT2D eigenvalue weighted by atomic mass is 35.5. The summed E-state index contributed by atoms with van der Waals surface area (Å²) in [6, 6.07) is 1.89. The summed E-state index contributed by atoms with van der Waals surface area (Å²) < 4.78 is 5.48. The van der Waals surface area contributed by atoms with E-state index in [2.05, 4.69) is 31.1 Å². The second-order valence-electron chi connectivity index (χ2n) is 5.40. The smallest absolute Gasteiger partial charge is 0.232 e. The molecule has 96 valence electrons. The summed E-state index contributed by atoms with van der Waals surface area (Å²) in [7, 11) is 0. The highest BCUT2D eigenvalue weighted by molar-refractivity contribution is 6.31. The van der Waals surface area contributed by atoms with Crippen LogP contribution in [0.3, 0.4) is 0 Å². The van der Waals surface area contributed by atoms with Crippen LogP contribution >= 0.6 is 11.6 Å². The molecule has 0 amide bonds. The Morgan fingerprint density at radius 1 is 1.41 bits per heavy atom. The second-order valence-corrected chi connectivity index (χ2v) is 5.81. The topological polar surface area (TPSA) is 34.1 Å². The predicted octanol–water partition coefficient (Wildman–Crippen LogP) is 3.41. The molecule has 1 aromatic heterocycles. The van der Waals surface area contributed by atoms with Gasteiger partial charge in [-0.25, -0.2) is 4.98 Å². The van der Waals surface area contributed by atoms with Crippen molar-refractivity contribution in [1.82, 2.24) is 10.3 Å². The van der Waals surface area contributed by atoms with Gasteiger partial charge in [0.05, 0.1) is 6.10 Å². The molecule has 0 bridgehead atoms. The van der Waals surface area contributed by atoms with Crippen LogP contribution in [0.25, 0.3) is 0 Å². The van der Waals surface area contributed by atoms with Crippen LogP contribution < -0.4 is 10.1 Å². The van der Waals surface area contributed by atoms with Gasteiger partial charge < -0.3 is 10.1 Å². The van der Waals surface area contributed by atoms with E-state index in [0.29, 0.717) is 10.9 Å². The molecule has 0 unspecified atom stereocenters. The van der Waals surface area contributed by atoms with Crippen LogP contribution in [-0.4, -0.2) is 16.6 Å². The summed E-state index contributed by atoms with van der Waals surface area (Å²) in [5.41, 5.74) is 1.14. The van der Waals surface area contributed by atoms with Crippen molar-refractivity contribution < 1.29 is 4.74 Å². The fourth-order valence-electron chi connectivity index (χ4n) is 1.24. The van der Waals surface area contributed by atoms with Gasteiger partial charge in [-0.1, -0.05) is 11.6 Å². The van der Waals surface area contributed by atoms with Gasteiger partial charge in [-0.2, -0.15) is 0 Å². The van der Waals surface area contributed by atoms with Crippen molar-refractivity contribution in [2.45, 2.75) is 52.8 Å². The molecule has 1 heterocycles. The highest BCUT2D eigenvalue weighted by Crippen LogP contribution is 2.23. The van der Waals surface area contributed by atoms with Crippen molar-refractivity contribution in [3.8, 4) is 5.88 Å². The van der Waals surface area contributed by atoms with Gasteiger partial charge in [0, 0.05) is 18.3 Å². The summed E-state index contributed by atoms with van der Waals surface area (Å²) >= 11 is 6.11. The standard InChI is InChI=1S/C13H21ClN2O/c1-9(2)17-12-11(14)6-10(7-15-12)8-16-13(3,4)5/h6-7,9,16H,8H2,1-5H3. The summed E-state index contributed by atoms with van der Waals surface area (Å²) in [5, 5.41) is 3.95. The maximum absolute atomic E-state index is 6.11. The normalized spacial score (nSPS) is 11.9. The van der Waals surface area contributed by atoms with Crippen LogP contribution in [0.5, 0.6) is 5.88 Å². The molecule has 0 radical (unpaired) electrons. The van der Waals surface area contributed by atoms with Crippen LogP contribution in [-0.2, 0) is 6.54 Å². The summed E-state index contributed by atoms with van der Waals surface area (Å²) in [6.45, 7) is 11.0. The van der Waals surface area contributed by atoms with E-state index in [1.54, 1.807) is 6.20 Å². The average molecular weight is 257 g/mol. The molecule has 1 rings (SSSR count). The van der Waals surface area contributed by atoms with Gasteiger partial charge in [0.2, 0.25) is 5.88 Å². The number of hydrogen-bond donors (Lipinski definition) is 1. The largest absolute Gasteiger partial charge is 0.474 e. The van der Waals surface area contributed by atoms with Gasteiger partial charge in [0.25, 0.3) is 0 Å². The van der Waals surface area contributed by atoms with Gasteiger partial charge >= 0.3 is 0 Å². The lowest BCUT2D eigenvalue weighted by atomic mass is 10.1. The molecule has 3 nitrogen and oxygen atoms in total. The quantitative estimate of drug-likeness (QED) is 0.897. The molecular weight excluding hydrogens is 236 g/mol. The van der Waals surface area contributed by atoms with Gasteiger partial charge in [-0.3, -0.25) is 0 Å². The molecule has 0 aromatic carbocycles. The Balaban J connectivity index is 2.68. The number of halogens is 1. The van der Waals surface area contributed by atoms with E-state index < -0.39 is 0 Å². The number of aromatic nitrogens is 1. The van der Waals surface area contributed by atoms with Crippen molar-refractivity contribution in [3.63, 3.8) is 0 Å². The molecule has 0 atom stereocenters. The van der Waals surface area contributed by atoms with Gasteiger partial charge in [-0.15, -0.1) is 0 Å². The summed E-state index contributed by atoms with van der Waals surface area (Å²) in [5.74, 6) is 0.501. The van der Waals surface area contributed by atoms with Crippen LogP contribution in [0.4, 0.5) is 0 Å². The average Bonchev–Trinajstić information content (AvgIpc) is 2.17. The van der Waals surface area contributed by atoms with Gasteiger partial charge in [0.1, 0.15) is 5.02 Å². The Kier molecular flexibility index (Phi) is 4.78. The van der Waals surface area contributed by atoms with Crippen LogP contribution in [0.15, 0.2) is 12.3 Å². The molecule has 17 heavy (non-hydrogen) atoms. The van der Waals surface area contributed by atoms with E-state index in [1.165, 1.54) is 0 Å². The van der Waals surface area contributed by atoms with Crippen LogP contribution in [0.1, 0.15) is 40.2 Å². The maximum Gasteiger partial charge on any atom is 0.232 e. The minimum Gasteiger partial charge on any atom is -0.474 e. The first-order valence-corrected chi connectivity index (χ1v) is 6.22. The fraction of sp³-hybridized carbons (Fsp3) is 0.615. The van der Waals surface area contributed by atoms with E-state index in [9.17, 15) is 0 Å². The third-order valence-electron chi connectivity index (χ3n) is 2.03. The molecule has 0 aliphatic carbocycles. The molecule has 0 spiro atoms. The SMILES string of the molecule is CC(C)Oc1ncc(CNC(C)(C)C)cc1Cl. The van der Waals surface area contributed by atoms with E-state index in [-0.39, 0.29) is 11.6 Å². The van der Waals surface area contributed by atoms with E-state index in [4.69, 9.17) is 16.3 Å². The number of nitrogens with zero attached hydrogens (tertiary/aromatic N) is 1. The maximum atomic E-state index is 6.11. The first-order chi connectivity index (χ1) is 7.78. The highest BCUT2D eigenvalue weighted by Gasteiger charge is 2.10. The number of ether oxygens (including phenoxy) is 1. The third kappa shape index (κ3) is 5.37. The van der Waals surface area contributed by atoms with Crippen LogP contribution in [0, 0.1) is 0 Å². The van der Waals surface area contributed by atoms with Crippen molar-refractivity contribution >= 4 is 11.6 Å². The predicted molar refractivity (Wildman–Crippen MR) is 71.6 cm³/mol. The molecule has 0 saturated carbocycles. The summed E-state index contributed by atoms with van der Waals surface area (Å²) in [4.78, 5) is 4.22. The molecule has 4 heteroatoms. The van der Waals surface area contributed by atoms with E-state index >= 15 is 0 Å². The Morgan fingerprint density at radius 2 is 2.06 bits per heavy atom. The number of nitrogens with one attached hydrogen (secondary N) is 1. The monoisotopic (exact) mass is 256 g/mol. The van der Waals surface area contributed by atoms with Gasteiger partial charge in [0.15, 0.2) is 0 Å². The zero-order chi connectivity index (χ0) is 13.1. The number of rotatable bonds is 4. The van der Waals surface area contributed by atoms with Crippen LogP contribution in [0.2, 0.25) is 5.02 Å². The molecule has 0 saturated heterocycles. The van der Waals surface area contributed by atoms with Crippen molar-refractivity contribution in [2.75, 3.05) is 0 Å². The zero-order valence-electron chi connectivity index (χ0n) is 11.2. The van der Waals surface area contributed by atoms with E-state index in [0.717, 1.165) is 12.1 Å². The van der Waals surface area contributed by atoms with Crippen molar-refractivity contribution in [1.29, 1.82) is 0 Å². The number of pyridine rings is 1. The second kappa shape index (κ2) is 5.69. The van der Waals surface area contributed by atoms with E-state index in [1.807, 2.05) is 19.9 Å². The Morgan fingerprint density at radius 3 is 2.53 bits per heavy atom. The zero-order valence-corrected chi connectivity index (χ0v) is 11.9. The van der Waals surface area contributed by atoms with Crippen molar-refractivity contribution in [2.24, 2.45) is 0 Å².